The molecule has 0 radical (unpaired) electrons. The number of amides is 1. The zero-order valence-electron chi connectivity index (χ0n) is 13.4. The molecule has 5 heteroatoms. The van der Waals surface area contributed by atoms with Crippen LogP contribution in [0.3, 0.4) is 0 Å². The molecule has 3 rings (SSSR count). The lowest BCUT2D eigenvalue weighted by molar-refractivity contribution is -0.139. The van der Waals surface area contributed by atoms with Gasteiger partial charge in [-0.2, -0.15) is 5.10 Å². The van der Waals surface area contributed by atoms with Crippen LogP contribution in [0.4, 0.5) is 0 Å². The van der Waals surface area contributed by atoms with Gasteiger partial charge in [-0.15, -0.1) is 0 Å². The molecule has 1 amide bonds. The summed E-state index contributed by atoms with van der Waals surface area (Å²) in [5.74, 6) is -0.339. The van der Waals surface area contributed by atoms with Gasteiger partial charge in [-0.25, -0.2) is 4.68 Å². The molecule has 1 unspecified atom stereocenters. The second kappa shape index (κ2) is 7.10. The standard InChI is InChI=1S/C19H19N3O2/c1-21(19(24)18(23)16-8-4-2-5-9-16)13-15-12-20-22(14-15)17-10-6-3-7-11-17/h2-12,14,18,23H,13H2,1H3. The van der Waals surface area contributed by atoms with Gasteiger partial charge in [0.1, 0.15) is 0 Å². The number of rotatable bonds is 5. The van der Waals surface area contributed by atoms with Gasteiger partial charge in [-0.3, -0.25) is 4.79 Å². The first-order valence-corrected chi connectivity index (χ1v) is 7.72. The van der Waals surface area contributed by atoms with Gasteiger partial charge in [0.2, 0.25) is 0 Å². The SMILES string of the molecule is CN(Cc1cnn(-c2ccccc2)c1)C(=O)C(O)c1ccccc1. The van der Waals surface area contributed by atoms with Crippen molar-refractivity contribution in [1.29, 1.82) is 0 Å². The molecule has 24 heavy (non-hydrogen) atoms. The number of hydrogen-bond acceptors (Lipinski definition) is 3. The van der Waals surface area contributed by atoms with Crippen LogP contribution in [-0.2, 0) is 11.3 Å². The molecular weight excluding hydrogens is 302 g/mol. The van der Waals surface area contributed by atoms with Gasteiger partial charge in [-0.1, -0.05) is 48.5 Å². The summed E-state index contributed by atoms with van der Waals surface area (Å²) in [7, 11) is 1.67. The molecule has 0 fully saturated rings. The summed E-state index contributed by atoms with van der Waals surface area (Å²) in [6, 6.07) is 18.7. The zero-order chi connectivity index (χ0) is 16.9. The van der Waals surface area contributed by atoms with E-state index in [9.17, 15) is 9.90 Å². The van der Waals surface area contributed by atoms with Crippen LogP contribution in [0.15, 0.2) is 73.1 Å². The predicted octanol–water partition coefficient (Wildman–Crippen LogP) is 2.56. The number of aliphatic hydroxyl groups excluding tert-OH is 1. The number of aliphatic hydroxyl groups is 1. The molecule has 3 aromatic rings. The molecule has 0 saturated heterocycles. The molecule has 0 bridgehead atoms. The molecule has 1 aromatic heterocycles. The zero-order valence-corrected chi connectivity index (χ0v) is 13.4. The highest BCUT2D eigenvalue weighted by molar-refractivity contribution is 5.81. The minimum atomic E-state index is -1.15. The molecule has 0 aliphatic carbocycles. The third kappa shape index (κ3) is 3.52. The first-order chi connectivity index (χ1) is 11.6. The Labute approximate surface area is 140 Å². The Morgan fingerprint density at radius 3 is 2.42 bits per heavy atom. The van der Waals surface area contributed by atoms with E-state index in [1.54, 1.807) is 42.2 Å². The number of carbonyl (C=O) groups is 1. The highest BCUT2D eigenvalue weighted by atomic mass is 16.3. The summed E-state index contributed by atoms with van der Waals surface area (Å²) in [6.07, 6.45) is 2.46. The molecule has 0 spiro atoms. The second-order valence-corrected chi connectivity index (χ2v) is 5.64. The van der Waals surface area contributed by atoms with Gasteiger partial charge < -0.3 is 10.0 Å². The normalized spacial score (nSPS) is 11.9. The Balaban J connectivity index is 1.68. The van der Waals surface area contributed by atoms with Gasteiger partial charge in [0, 0.05) is 25.4 Å². The maximum Gasteiger partial charge on any atom is 0.256 e. The fourth-order valence-electron chi connectivity index (χ4n) is 2.50. The molecule has 1 atom stereocenters. The maximum atomic E-state index is 12.4. The topological polar surface area (TPSA) is 58.4 Å². The van der Waals surface area contributed by atoms with E-state index < -0.39 is 6.10 Å². The van der Waals surface area contributed by atoms with E-state index in [4.69, 9.17) is 0 Å². The Morgan fingerprint density at radius 2 is 1.75 bits per heavy atom. The summed E-state index contributed by atoms with van der Waals surface area (Å²) in [5.41, 5.74) is 2.45. The van der Waals surface area contributed by atoms with Crippen molar-refractivity contribution in [3.8, 4) is 5.69 Å². The number of nitrogens with zero attached hydrogens (tertiary/aromatic N) is 3. The predicted molar refractivity (Wildman–Crippen MR) is 91.4 cm³/mol. The molecule has 5 nitrogen and oxygen atoms in total. The van der Waals surface area contributed by atoms with Crippen LogP contribution in [-0.4, -0.2) is 32.7 Å². The highest BCUT2D eigenvalue weighted by Gasteiger charge is 2.21. The van der Waals surface area contributed by atoms with Crippen molar-refractivity contribution in [3.63, 3.8) is 0 Å². The van der Waals surface area contributed by atoms with Crippen molar-refractivity contribution in [2.75, 3.05) is 7.05 Å². The minimum absolute atomic E-state index is 0.339. The summed E-state index contributed by atoms with van der Waals surface area (Å²) < 4.78 is 1.77. The van der Waals surface area contributed by atoms with E-state index >= 15 is 0 Å². The second-order valence-electron chi connectivity index (χ2n) is 5.64. The van der Waals surface area contributed by atoms with Crippen LogP contribution in [0, 0.1) is 0 Å². The Hall–Kier alpha value is -2.92. The fourth-order valence-corrected chi connectivity index (χ4v) is 2.50. The van der Waals surface area contributed by atoms with Crippen molar-refractivity contribution >= 4 is 5.91 Å². The lowest BCUT2D eigenvalue weighted by atomic mass is 10.1. The molecule has 2 aromatic carbocycles. The van der Waals surface area contributed by atoms with E-state index in [1.807, 2.05) is 42.6 Å². The first kappa shape index (κ1) is 16.0. The van der Waals surface area contributed by atoms with E-state index in [0.29, 0.717) is 12.1 Å². The minimum Gasteiger partial charge on any atom is -0.378 e. The third-order valence-corrected chi connectivity index (χ3v) is 3.80. The molecule has 1 N–H and O–H groups in total. The van der Waals surface area contributed by atoms with Crippen LogP contribution in [0.5, 0.6) is 0 Å². The lowest BCUT2D eigenvalue weighted by Gasteiger charge is -2.20. The number of para-hydroxylation sites is 1. The number of benzene rings is 2. The van der Waals surface area contributed by atoms with Gasteiger partial charge in [-0.05, 0) is 17.7 Å². The van der Waals surface area contributed by atoms with Gasteiger partial charge in [0.25, 0.3) is 5.91 Å². The fraction of sp³-hybridized carbons (Fsp3) is 0.158. The van der Waals surface area contributed by atoms with Crippen molar-refractivity contribution in [3.05, 3.63) is 84.2 Å². The van der Waals surface area contributed by atoms with Crippen molar-refractivity contribution in [1.82, 2.24) is 14.7 Å². The smallest absolute Gasteiger partial charge is 0.256 e. The number of likely N-dealkylation sites (N-methyl/N-ethyl adjacent to an activating group) is 1. The van der Waals surface area contributed by atoms with Gasteiger partial charge in [0.05, 0.1) is 11.9 Å². The third-order valence-electron chi connectivity index (χ3n) is 3.80. The Bertz CT molecular complexity index is 800. The van der Waals surface area contributed by atoms with Gasteiger partial charge >= 0.3 is 0 Å². The molecule has 122 valence electrons. The Morgan fingerprint density at radius 1 is 1.12 bits per heavy atom. The monoisotopic (exact) mass is 321 g/mol. The van der Waals surface area contributed by atoms with Crippen molar-refractivity contribution in [2.24, 2.45) is 0 Å². The summed E-state index contributed by atoms with van der Waals surface area (Å²) >= 11 is 0. The lowest BCUT2D eigenvalue weighted by Crippen LogP contribution is -2.31. The van der Waals surface area contributed by atoms with Crippen LogP contribution in [0.25, 0.3) is 5.69 Å². The largest absolute Gasteiger partial charge is 0.378 e. The average Bonchev–Trinajstić information content (AvgIpc) is 3.10. The van der Waals surface area contributed by atoms with Crippen LogP contribution >= 0.6 is 0 Å². The van der Waals surface area contributed by atoms with Crippen LogP contribution in [0.1, 0.15) is 17.2 Å². The number of aromatic nitrogens is 2. The molecular formula is C19H19N3O2. The molecule has 1 heterocycles. The summed E-state index contributed by atoms with van der Waals surface area (Å²) in [5, 5.41) is 14.5. The molecule has 0 saturated carbocycles. The Kier molecular flexibility index (Phi) is 4.72. The van der Waals surface area contributed by atoms with Crippen LogP contribution < -0.4 is 0 Å². The van der Waals surface area contributed by atoms with E-state index in [-0.39, 0.29) is 5.91 Å². The van der Waals surface area contributed by atoms with Crippen LogP contribution in [0.2, 0.25) is 0 Å². The molecule has 0 aliphatic rings. The average molecular weight is 321 g/mol. The van der Waals surface area contributed by atoms with E-state index in [2.05, 4.69) is 5.10 Å². The summed E-state index contributed by atoms with van der Waals surface area (Å²) in [6.45, 7) is 0.384. The molecule has 0 aliphatic heterocycles. The first-order valence-electron chi connectivity index (χ1n) is 7.72. The highest BCUT2D eigenvalue weighted by Crippen LogP contribution is 2.16. The van der Waals surface area contributed by atoms with E-state index in [0.717, 1.165) is 11.3 Å². The van der Waals surface area contributed by atoms with Gasteiger partial charge in [0.15, 0.2) is 6.10 Å². The van der Waals surface area contributed by atoms with Crippen molar-refractivity contribution in [2.45, 2.75) is 12.6 Å². The number of hydrogen-bond donors (Lipinski definition) is 1. The van der Waals surface area contributed by atoms with Crippen molar-refractivity contribution < 1.29 is 9.90 Å². The van der Waals surface area contributed by atoms with E-state index in [1.165, 1.54) is 4.90 Å². The summed E-state index contributed by atoms with van der Waals surface area (Å²) in [4.78, 5) is 13.9. The quantitative estimate of drug-likeness (QED) is 0.786. The number of carbonyl (C=O) groups excluding carboxylic acids is 1. The maximum absolute atomic E-state index is 12.4.